The monoisotopic (exact) mass is 213 g/mol. The van der Waals surface area contributed by atoms with E-state index in [1.165, 1.54) is 25.9 Å². The zero-order valence-electron chi connectivity index (χ0n) is 9.83. The molecule has 4 nitrogen and oxygen atoms in total. The Morgan fingerprint density at radius 2 is 2.13 bits per heavy atom. The van der Waals surface area contributed by atoms with Crippen LogP contribution in [0.3, 0.4) is 0 Å². The molecule has 0 aromatic rings. The van der Waals surface area contributed by atoms with Crippen LogP contribution in [0.1, 0.15) is 26.7 Å². The fourth-order valence-electron chi connectivity index (χ4n) is 1.95. The Morgan fingerprint density at radius 3 is 2.60 bits per heavy atom. The fraction of sp³-hybridized carbons (Fsp3) is 0.909. The van der Waals surface area contributed by atoms with Crippen molar-refractivity contribution in [1.82, 2.24) is 10.2 Å². The molecule has 0 bridgehead atoms. The van der Waals surface area contributed by atoms with Gasteiger partial charge in [0.1, 0.15) is 0 Å². The second kappa shape index (κ2) is 6.08. The van der Waals surface area contributed by atoms with Crippen LogP contribution in [0.5, 0.6) is 0 Å². The minimum Gasteiger partial charge on any atom is -0.368 e. The molecule has 1 unspecified atom stereocenters. The Bertz CT molecular complexity index is 200. The number of hydrogen-bond donors (Lipinski definition) is 2. The van der Waals surface area contributed by atoms with E-state index in [9.17, 15) is 4.79 Å². The summed E-state index contributed by atoms with van der Waals surface area (Å²) in [5, 5.41) is 3.19. The fourth-order valence-corrected chi connectivity index (χ4v) is 1.95. The summed E-state index contributed by atoms with van der Waals surface area (Å²) in [6.45, 7) is 8.47. The second-order valence-electron chi connectivity index (χ2n) is 4.41. The lowest BCUT2D eigenvalue weighted by molar-refractivity contribution is -0.119. The van der Waals surface area contributed by atoms with Crippen LogP contribution in [0.15, 0.2) is 0 Å². The lowest BCUT2D eigenvalue weighted by Gasteiger charge is -2.31. The van der Waals surface area contributed by atoms with Crippen molar-refractivity contribution < 1.29 is 4.79 Å². The molecule has 1 rings (SSSR count). The third-order valence-electron chi connectivity index (χ3n) is 3.29. The topological polar surface area (TPSA) is 58.4 Å². The average Bonchev–Trinajstić information content (AvgIpc) is 2.26. The highest BCUT2D eigenvalue weighted by Gasteiger charge is 2.18. The number of hydrogen-bond acceptors (Lipinski definition) is 3. The first-order valence-electron chi connectivity index (χ1n) is 5.88. The van der Waals surface area contributed by atoms with E-state index in [-0.39, 0.29) is 11.9 Å². The van der Waals surface area contributed by atoms with Crippen LogP contribution < -0.4 is 11.1 Å². The lowest BCUT2D eigenvalue weighted by atomic mass is 9.96. The number of amides is 1. The Balaban J connectivity index is 2.16. The van der Waals surface area contributed by atoms with Crippen molar-refractivity contribution in [2.24, 2.45) is 11.7 Å². The summed E-state index contributed by atoms with van der Waals surface area (Å²) in [6.07, 6.45) is 2.46. The maximum absolute atomic E-state index is 10.8. The van der Waals surface area contributed by atoms with Gasteiger partial charge in [0.2, 0.25) is 5.91 Å². The Kier molecular flexibility index (Phi) is 5.05. The van der Waals surface area contributed by atoms with Gasteiger partial charge >= 0.3 is 0 Å². The number of nitrogens with zero attached hydrogens (tertiary/aromatic N) is 1. The number of nitrogens with two attached hydrogens (primary N) is 1. The van der Waals surface area contributed by atoms with E-state index in [4.69, 9.17) is 5.73 Å². The molecule has 1 saturated heterocycles. The Labute approximate surface area is 92.2 Å². The summed E-state index contributed by atoms with van der Waals surface area (Å²) in [4.78, 5) is 13.3. The molecule has 1 aliphatic rings. The molecule has 0 aromatic carbocycles. The molecule has 1 heterocycles. The molecule has 1 aliphatic heterocycles. The van der Waals surface area contributed by atoms with Gasteiger partial charge < -0.3 is 16.0 Å². The Morgan fingerprint density at radius 1 is 1.53 bits per heavy atom. The number of piperidine rings is 1. The van der Waals surface area contributed by atoms with Crippen LogP contribution in [0.4, 0.5) is 0 Å². The number of carbonyl (C=O) groups excluding carboxylic acids is 1. The van der Waals surface area contributed by atoms with Crippen LogP contribution in [0.2, 0.25) is 0 Å². The summed E-state index contributed by atoms with van der Waals surface area (Å²) in [6, 6.07) is -0.200. The standard InChI is InChI=1S/C11H23N3O/c1-3-14-6-4-10(5-7-14)8-13-9(2)11(12)15/h9-10,13H,3-8H2,1-2H3,(H2,12,15). The molecule has 4 heteroatoms. The SMILES string of the molecule is CCN1CCC(CNC(C)C(N)=O)CC1. The average molecular weight is 213 g/mol. The van der Waals surface area contributed by atoms with Crippen molar-refractivity contribution in [1.29, 1.82) is 0 Å². The lowest BCUT2D eigenvalue weighted by Crippen LogP contribution is -2.43. The zero-order valence-corrected chi connectivity index (χ0v) is 9.83. The third kappa shape index (κ3) is 4.18. The number of primary amides is 1. The van der Waals surface area contributed by atoms with E-state index in [1.807, 2.05) is 6.92 Å². The van der Waals surface area contributed by atoms with Gasteiger partial charge in [0.05, 0.1) is 6.04 Å². The maximum atomic E-state index is 10.8. The first kappa shape index (κ1) is 12.5. The molecular formula is C11H23N3O. The molecule has 0 aromatic heterocycles. The minimum atomic E-state index is -0.263. The van der Waals surface area contributed by atoms with Crippen molar-refractivity contribution >= 4 is 5.91 Å². The van der Waals surface area contributed by atoms with Crippen LogP contribution >= 0.6 is 0 Å². The van der Waals surface area contributed by atoms with Crippen LogP contribution in [-0.2, 0) is 4.79 Å². The molecule has 0 radical (unpaired) electrons. The van der Waals surface area contributed by atoms with Gasteiger partial charge in [0.15, 0.2) is 0 Å². The highest BCUT2D eigenvalue weighted by Crippen LogP contribution is 2.15. The highest BCUT2D eigenvalue weighted by atomic mass is 16.1. The van der Waals surface area contributed by atoms with E-state index < -0.39 is 0 Å². The largest absolute Gasteiger partial charge is 0.368 e. The number of carbonyl (C=O) groups is 1. The molecule has 1 atom stereocenters. The predicted octanol–water partition coefficient (Wildman–Crippen LogP) is 0.182. The molecular weight excluding hydrogens is 190 g/mol. The van der Waals surface area contributed by atoms with E-state index in [0.29, 0.717) is 5.92 Å². The zero-order chi connectivity index (χ0) is 11.3. The molecule has 3 N–H and O–H groups in total. The van der Waals surface area contributed by atoms with E-state index >= 15 is 0 Å². The van der Waals surface area contributed by atoms with E-state index in [0.717, 1.165) is 13.1 Å². The van der Waals surface area contributed by atoms with Crippen LogP contribution in [0.25, 0.3) is 0 Å². The smallest absolute Gasteiger partial charge is 0.234 e. The summed E-state index contributed by atoms with van der Waals surface area (Å²) in [5.74, 6) is 0.440. The van der Waals surface area contributed by atoms with Gasteiger partial charge in [-0.05, 0) is 51.9 Å². The van der Waals surface area contributed by atoms with Gasteiger partial charge in [-0.15, -0.1) is 0 Å². The first-order chi connectivity index (χ1) is 7.13. The molecule has 1 fully saturated rings. The van der Waals surface area contributed by atoms with Crippen molar-refractivity contribution in [2.45, 2.75) is 32.7 Å². The van der Waals surface area contributed by atoms with Gasteiger partial charge in [-0.2, -0.15) is 0 Å². The minimum absolute atomic E-state index is 0.200. The van der Waals surface area contributed by atoms with Crippen molar-refractivity contribution in [3.8, 4) is 0 Å². The van der Waals surface area contributed by atoms with Gasteiger partial charge in [-0.1, -0.05) is 6.92 Å². The van der Waals surface area contributed by atoms with Crippen molar-refractivity contribution in [2.75, 3.05) is 26.2 Å². The molecule has 0 aliphatic carbocycles. The first-order valence-corrected chi connectivity index (χ1v) is 5.88. The third-order valence-corrected chi connectivity index (χ3v) is 3.29. The van der Waals surface area contributed by atoms with Crippen LogP contribution in [-0.4, -0.2) is 43.0 Å². The van der Waals surface area contributed by atoms with Gasteiger partial charge in [-0.3, -0.25) is 4.79 Å². The number of likely N-dealkylation sites (tertiary alicyclic amines) is 1. The highest BCUT2D eigenvalue weighted by molar-refractivity contribution is 5.79. The molecule has 88 valence electrons. The summed E-state index contributed by atoms with van der Waals surface area (Å²) < 4.78 is 0. The summed E-state index contributed by atoms with van der Waals surface area (Å²) in [7, 11) is 0. The molecule has 1 amide bonds. The van der Waals surface area contributed by atoms with Crippen LogP contribution in [0, 0.1) is 5.92 Å². The van der Waals surface area contributed by atoms with Crippen molar-refractivity contribution in [3.63, 3.8) is 0 Å². The predicted molar refractivity (Wildman–Crippen MR) is 61.5 cm³/mol. The van der Waals surface area contributed by atoms with E-state index in [2.05, 4.69) is 17.1 Å². The van der Waals surface area contributed by atoms with Gasteiger partial charge in [0, 0.05) is 0 Å². The second-order valence-corrected chi connectivity index (χ2v) is 4.41. The summed E-state index contributed by atoms with van der Waals surface area (Å²) in [5.41, 5.74) is 5.19. The molecule has 0 saturated carbocycles. The Hall–Kier alpha value is -0.610. The number of nitrogens with one attached hydrogen (secondary N) is 1. The number of rotatable bonds is 5. The maximum Gasteiger partial charge on any atom is 0.234 e. The van der Waals surface area contributed by atoms with Gasteiger partial charge in [-0.25, -0.2) is 0 Å². The van der Waals surface area contributed by atoms with Gasteiger partial charge in [0.25, 0.3) is 0 Å². The van der Waals surface area contributed by atoms with Crippen molar-refractivity contribution in [3.05, 3.63) is 0 Å². The quantitative estimate of drug-likeness (QED) is 0.685. The van der Waals surface area contributed by atoms with E-state index in [1.54, 1.807) is 0 Å². The normalized spacial score (nSPS) is 21.5. The molecule has 15 heavy (non-hydrogen) atoms. The summed E-state index contributed by atoms with van der Waals surface area (Å²) >= 11 is 0. The molecule has 0 spiro atoms.